The summed E-state index contributed by atoms with van der Waals surface area (Å²) < 4.78 is 27.1. The highest BCUT2D eigenvalue weighted by Gasteiger charge is 2.26. The average molecular weight is 436 g/mol. The summed E-state index contributed by atoms with van der Waals surface area (Å²) in [6, 6.07) is 16.7. The minimum atomic E-state index is -0.300. The van der Waals surface area contributed by atoms with E-state index in [0.29, 0.717) is 24.2 Å². The van der Waals surface area contributed by atoms with Crippen molar-refractivity contribution in [1.29, 1.82) is 0 Å². The number of hydrogen-bond acceptors (Lipinski definition) is 3. The first-order chi connectivity index (χ1) is 15.5. The Kier molecular flexibility index (Phi) is 6.90. The molecule has 0 radical (unpaired) electrons. The third kappa shape index (κ3) is 5.37. The Morgan fingerprint density at radius 2 is 1.75 bits per heavy atom. The van der Waals surface area contributed by atoms with Crippen molar-refractivity contribution in [3.05, 3.63) is 100 Å². The molecule has 1 saturated heterocycles. The van der Waals surface area contributed by atoms with E-state index < -0.39 is 0 Å². The number of aromatic nitrogens is 1. The third-order valence-electron chi connectivity index (χ3n) is 6.00. The molecule has 0 bridgehead atoms. The molecule has 2 heterocycles. The zero-order valence-corrected chi connectivity index (χ0v) is 18.2. The highest BCUT2D eigenvalue weighted by Crippen LogP contribution is 2.30. The number of nitrogens with zero attached hydrogens (tertiary/aromatic N) is 2. The number of carbonyl (C=O) groups is 1. The van der Waals surface area contributed by atoms with Crippen LogP contribution in [0.3, 0.4) is 0 Å². The molecule has 1 aromatic heterocycles. The fourth-order valence-electron chi connectivity index (χ4n) is 4.19. The number of halogens is 2. The van der Waals surface area contributed by atoms with Crippen LogP contribution in [0.15, 0.2) is 60.7 Å². The molecule has 0 saturated carbocycles. The smallest absolute Gasteiger partial charge is 0.253 e. The molecule has 2 aromatic carbocycles. The predicted molar refractivity (Wildman–Crippen MR) is 120 cm³/mol. The third-order valence-corrected chi connectivity index (χ3v) is 6.00. The molecule has 0 aliphatic carbocycles. The van der Waals surface area contributed by atoms with Crippen molar-refractivity contribution < 1.29 is 13.6 Å². The van der Waals surface area contributed by atoms with Crippen molar-refractivity contribution in [2.75, 3.05) is 13.1 Å². The lowest BCUT2D eigenvalue weighted by Crippen LogP contribution is -2.34. The first kappa shape index (κ1) is 22.1. The van der Waals surface area contributed by atoms with Crippen LogP contribution < -0.4 is 5.32 Å². The summed E-state index contributed by atoms with van der Waals surface area (Å²) >= 11 is 0. The first-order valence-electron chi connectivity index (χ1n) is 11.0. The Labute approximate surface area is 187 Å². The van der Waals surface area contributed by atoms with Gasteiger partial charge in [-0.15, -0.1) is 0 Å². The van der Waals surface area contributed by atoms with Gasteiger partial charge in [-0.05, 0) is 68.8 Å². The van der Waals surface area contributed by atoms with Gasteiger partial charge < -0.3 is 5.32 Å². The van der Waals surface area contributed by atoms with E-state index in [1.807, 2.05) is 31.2 Å². The van der Waals surface area contributed by atoms with E-state index in [1.165, 1.54) is 18.2 Å². The minimum Gasteiger partial charge on any atom is -0.348 e. The van der Waals surface area contributed by atoms with Gasteiger partial charge in [-0.2, -0.15) is 0 Å². The van der Waals surface area contributed by atoms with Crippen molar-refractivity contribution in [3.8, 4) is 0 Å². The van der Waals surface area contributed by atoms with Gasteiger partial charge in [0.05, 0.1) is 11.3 Å². The first-order valence-corrected chi connectivity index (χ1v) is 11.0. The van der Waals surface area contributed by atoms with Crippen molar-refractivity contribution >= 4 is 5.91 Å². The number of hydrogen-bond donors (Lipinski definition) is 1. The lowest BCUT2D eigenvalue weighted by Gasteiger charge is -2.32. The molecule has 0 unspecified atom stereocenters. The number of nitrogens with one attached hydrogen (secondary N) is 1. The Bertz CT molecular complexity index is 1080. The fraction of sp³-hybridized carbons (Fsp3) is 0.308. The van der Waals surface area contributed by atoms with Crippen LogP contribution in [0.1, 0.15) is 51.6 Å². The molecule has 1 aliphatic heterocycles. The van der Waals surface area contributed by atoms with Crippen molar-refractivity contribution in [2.24, 2.45) is 0 Å². The van der Waals surface area contributed by atoms with Crippen LogP contribution in [0.4, 0.5) is 8.78 Å². The topological polar surface area (TPSA) is 45.2 Å². The second-order valence-corrected chi connectivity index (χ2v) is 8.34. The molecular weight excluding hydrogens is 408 g/mol. The Morgan fingerprint density at radius 3 is 2.47 bits per heavy atom. The summed E-state index contributed by atoms with van der Waals surface area (Å²) in [5, 5.41) is 2.93. The van der Waals surface area contributed by atoms with Gasteiger partial charge in [0.25, 0.3) is 5.91 Å². The number of piperidine rings is 1. The molecule has 4 nitrogen and oxygen atoms in total. The number of pyridine rings is 1. The lowest BCUT2D eigenvalue weighted by atomic mass is 9.89. The molecule has 1 aliphatic rings. The Morgan fingerprint density at radius 1 is 1.03 bits per heavy atom. The Hall–Kier alpha value is -3.12. The predicted octanol–water partition coefficient (Wildman–Crippen LogP) is 4.98. The number of rotatable bonds is 6. The van der Waals surface area contributed by atoms with Gasteiger partial charge in [-0.3, -0.25) is 14.7 Å². The maximum absolute atomic E-state index is 14.0. The van der Waals surface area contributed by atoms with Crippen molar-refractivity contribution in [2.45, 2.75) is 38.8 Å². The van der Waals surface area contributed by atoms with E-state index in [2.05, 4.69) is 10.2 Å². The molecule has 1 amide bonds. The second kappa shape index (κ2) is 10.0. The zero-order valence-electron chi connectivity index (χ0n) is 18.2. The molecule has 1 fully saturated rings. The SMILES string of the molecule is Cc1ccc(C(=O)NCc2ccc(F)cc2)c(C2CCN(Cc3ccccc3F)CC2)n1. The Balaban J connectivity index is 1.41. The quantitative estimate of drug-likeness (QED) is 0.594. The van der Waals surface area contributed by atoms with E-state index in [-0.39, 0.29) is 23.5 Å². The molecule has 1 N–H and O–H groups in total. The van der Waals surface area contributed by atoms with Gasteiger partial charge in [0.1, 0.15) is 11.6 Å². The second-order valence-electron chi connectivity index (χ2n) is 8.34. The number of likely N-dealkylation sites (tertiary alicyclic amines) is 1. The summed E-state index contributed by atoms with van der Waals surface area (Å²) in [6.45, 7) is 4.49. The normalized spacial score (nSPS) is 15.0. The molecule has 3 aromatic rings. The molecular formula is C26H27F2N3O. The van der Waals surface area contributed by atoms with Gasteiger partial charge in [-0.25, -0.2) is 8.78 Å². The molecule has 6 heteroatoms. The molecule has 32 heavy (non-hydrogen) atoms. The molecule has 166 valence electrons. The van der Waals surface area contributed by atoms with Crippen molar-refractivity contribution in [3.63, 3.8) is 0 Å². The number of carbonyl (C=O) groups excluding carboxylic acids is 1. The highest BCUT2D eigenvalue weighted by molar-refractivity contribution is 5.95. The van der Waals surface area contributed by atoms with Gasteiger partial charge in [0.15, 0.2) is 0 Å². The highest BCUT2D eigenvalue weighted by atomic mass is 19.1. The summed E-state index contributed by atoms with van der Waals surface area (Å²) in [5.74, 6) is -0.467. The van der Waals surface area contributed by atoms with Crippen LogP contribution in [0.5, 0.6) is 0 Å². The lowest BCUT2D eigenvalue weighted by molar-refractivity contribution is 0.0948. The van der Waals surface area contributed by atoms with Crippen LogP contribution in [-0.2, 0) is 13.1 Å². The molecule has 0 atom stereocenters. The zero-order chi connectivity index (χ0) is 22.5. The van der Waals surface area contributed by atoms with Gasteiger partial charge >= 0.3 is 0 Å². The van der Waals surface area contributed by atoms with Crippen LogP contribution in [0.2, 0.25) is 0 Å². The number of aryl methyl sites for hydroxylation is 1. The maximum atomic E-state index is 14.0. The summed E-state index contributed by atoms with van der Waals surface area (Å²) in [6.07, 6.45) is 1.73. The summed E-state index contributed by atoms with van der Waals surface area (Å²) in [7, 11) is 0. The van der Waals surface area contributed by atoms with E-state index >= 15 is 0 Å². The monoisotopic (exact) mass is 435 g/mol. The standard InChI is InChI=1S/C26H27F2N3O/c1-18-6-11-23(26(32)29-16-19-7-9-22(27)10-8-19)25(30-18)20-12-14-31(15-13-20)17-21-4-2-3-5-24(21)28/h2-11,20H,12-17H2,1H3,(H,29,32). The van der Waals surface area contributed by atoms with E-state index in [9.17, 15) is 13.6 Å². The van der Waals surface area contributed by atoms with Crippen LogP contribution in [-0.4, -0.2) is 28.9 Å². The van der Waals surface area contributed by atoms with Crippen LogP contribution in [0, 0.1) is 18.6 Å². The van der Waals surface area contributed by atoms with Gasteiger partial charge in [0, 0.05) is 30.3 Å². The van der Waals surface area contributed by atoms with Gasteiger partial charge in [0.2, 0.25) is 0 Å². The molecule has 4 rings (SSSR count). The number of benzene rings is 2. The average Bonchev–Trinajstić information content (AvgIpc) is 2.80. The summed E-state index contributed by atoms with van der Waals surface area (Å²) in [4.78, 5) is 19.9. The van der Waals surface area contributed by atoms with E-state index in [0.717, 1.165) is 42.9 Å². The van der Waals surface area contributed by atoms with Gasteiger partial charge in [-0.1, -0.05) is 30.3 Å². The fourth-order valence-corrected chi connectivity index (χ4v) is 4.19. The largest absolute Gasteiger partial charge is 0.348 e. The van der Waals surface area contributed by atoms with E-state index in [4.69, 9.17) is 4.98 Å². The number of amides is 1. The van der Waals surface area contributed by atoms with E-state index in [1.54, 1.807) is 18.2 Å². The van der Waals surface area contributed by atoms with Crippen molar-refractivity contribution in [1.82, 2.24) is 15.2 Å². The summed E-state index contributed by atoms with van der Waals surface area (Å²) in [5.41, 5.74) is 3.84. The molecule has 0 spiro atoms. The maximum Gasteiger partial charge on any atom is 0.253 e. The van der Waals surface area contributed by atoms with Crippen LogP contribution in [0.25, 0.3) is 0 Å². The van der Waals surface area contributed by atoms with Crippen LogP contribution >= 0.6 is 0 Å². The minimum absolute atomic E-state index is 0.171.